The molecule has 0 bridgehead atoms. The molecule has 0 radical (unpaired) electrons. The molecule has 1 aliphatic rings. The number of benzene rings is 1. The van der Waals surface area contributed by atoms with Gasteiger partial charge in [0.15, 0.2) is 5.58 Å². The fourth-order valence-corrected chi connectivity index (χ4v) is 2.21. The van der Waals surface area contributed by atoms with Crippen molar-refractivity contribution >= 4 is 22.9 Å². The standard InChI is InChI=1S/C15H17N3O4/c19-13(16-9-14(20)17-10-5-6-10)7-8-18-11-3-1-2-4-12(11)22-15(18)21/h1-4,10H,5-9H2,(H,16,19)(H,17,20). The van der Waals surface area contributed by atoms with Gasteiger partial charge in [0.1, 0.15) is 0 Å². The Kier molecular flexibility index (Phi) is 3.95. The Labute approximate surface area is 126 Å². The first kappa shape index (κ1) is 14.4. The van der Waals surface area contributed by atoms with Crippen LogP contribution in [0.4, 0.5) is 0 Å². The van der Waals surface area contributed by atoms with Gasteiger partial charge >= 0.3 is 5.76 Å². The van der Waals surface area contributed by atoms with E-state index in [0.29, 0.717) is 11.1 Å². The number of carbonyl (C=O) groups is 2. The van der Waals surface area contributed by atoms with Crippen LogP contribution in [0.25, 0.3) is 11.1 Å². The minimum Gasteiger partial charge on any atom is -0.408 e. The van der Waals surface area contributed by atoms with Crippen molar-refractivity contribution in [3.05, 3.63) is 34.8 Å². The van der Waals surface area contributed by atoms with Crippen molar-refractivity contribution < 1.29 is 14.0 Å². The largest absolute Gasteiger partial charge is 0.419 e. The molecule has 2 aromatic rings. The van der Waals surface area contributed by atoms with Crippen LogP contribution in [0.2, 0.25) is 0 Å². The number of fused-ring (bicyclic) bond motifs is 1. The normalized spacial score (nSPS) is 14.0. The van der Waals surface area contributed by atoms with E-state index in [-0.39, 0.29) is 37.4 Å². The smallest absolute Gasteiger partial charge is 0.408 e. The van der Waals surface area contributed by atoms with Crippen molar-refractivity contribution in [2.24, 2.45) is 0 Å². The SMILES string of the molecule is O=C(CCn1c(=O)oc2ccccc21)NCC(=O)NC1CC1. The number of hydrogen-bond acceptors (Lipinski definition) is 4. The molecule has 0 saturated heterocycles. The second-order valence-electron chi connectivity index (χ2n) is 5.36. The third-order valence-corrected chi connectivity index (χ3v) is 3.52. The van der Waals surface area contributed by atoms with Gasteiger partial charge in [0.2, 0.25) is 11.8 Å². The lowest BCUT2D eigenvalue weighted by Crippen LogP contribution is -2.38. The molecular weight excluding hydrogens is 286 g/mol. The number of oxazole rings is 1. The second kappa shape index (κ2) is 6.05. The van der Waals surface area contributed by atoms with Crippen LogP contribution in [-0.4, -0.2) is 29.0 Å². The molecule has 1 heterocycles. The van der Waals surface area contributed by atoms with E-state index in [2.05, 4.69) is 10.6 Å². The van der Waals surface area contributed by atoms with Crippen molar-refractivity contribution in [1.82, 2.24) is 15.2 Å². The number of nitrogens with one attached hydrogen (secondary N) is 2. The topological polar surface area (TPSA) is 93.3 Å². The molecule has 2 N–H and O–H groups in total. The molecule has 0 spiro atoms. The Morgan fingerprint density at radius 1 is 1.23 bits per heavy atom. The van der Waals surface area contributed by atoms with Crippen LogP contribution in [0, 0.1) is 0 Å². The second-order valence-corrected chi connectivity index (χ2v) is 5.36. The zero-order valence-electron chi connectivity index (χ0n) is 12.0. The molecule has 7 nitrogen and oxygen atoms in total. The molecule has 1 aromatic carbocycles. The van der Waals surface area contributed by atoms with Crippen LogP contribution in [0.5, 0.6) is 0 Å². The Balaban J connectivity index is 1.52. The molecular formula is C15H17N3O4. The predicted octanol–water partition coefficient (Wildman–Crippen LogP) is 0.379. The summed E-state index contributed by atoms with van der Waals surface area (Å²) in [5.74, 6) is -0.939. The fraction of sp³-hybridized carbons (Fsp3) is 0.400. The number of hydrogen-bond donors (Lipinski definition) is 2. The third-order valence-electron chi connectivity index (χ3n) is 3.52. The van der Waals surface area contributed by atoms with Crippen molar-refractivity contribution in [2.75, 3.05) is 6.54 Å². The van der Waals surface area contributed by atoms with Gasteiger partial charge in [-0.25, -0.2) is 4.79 Å². The predicted molar refractivity (Wildman–Crippen MR) is 79.3 cm³/mol. The van der Waals surface area contributed by atoms with Gasteiger partial charge in [0.05, 0.1) is 12.1 Å². The maximum Gasteiger partial charge on any atom is 0.419 e. The number of rotatable bonds is 6. The molecule has 0 unspecified atom stereocenters. The Morgan fingerprint density at radius 3 is 2.77 bits per heavy atom. The molecule has 0 aliphatic heterocycles. The highest BCUT2D eigenvalue weighted by atomic mass is 16.4. The molecule has 1 fully saturated rings. The van der Waals surface area contributed by atoms with E-state index in [4.69, 9.17) is 4.42 Å². The first-order valence-electron chi connectivity index (χ1n) is 7.28. The maximum atomic E-state index is 11.8. The number of carbonyl (C=O) groups excluding carboxylic acids is 2. The quantitative estimate of drug-likeness (QED) is 0.807. The minimum atomic E-state index is -0.486. The Morgan fingerprint density at radius 2 is 2.00 bits per heavy atom. The van der Waals surface area contributed by atoms with Crippen molar-refractivity contribution in [3.63, 3.8) is 0 Å². The summed E-state index contributed by atoms with van der Waals surface area (Å²) in [5, 5.41) is 5.34. The molecule has 116 valence electrons. The summed E-state index contributed by atoms with van der Waals surface area (Å²) < 4.78 is 6.51. The van der Waals surface area contributed by atoms with E-state index >= 15 is 0 Å². The van der Waals surface area contributed by atoms with Crippen LogP contribution >= 0.6 is 0 Å². The highest BCUT2D eigenvalue weighted by Gasteiger charge is 2.23. The van der Waals surface area contributed by atoms with Crippen LogP contribution in [0.1, 0.15) is 19.3 Å². The molecule has 1 aliphatic carbocycles. The Hall–Kier alpha value is -2.57. The van der Waals surface area contributed by atoms with E-state index in [9.17, 15) is 14.4 Å². The monoisotopic (exact) mass is 303 g/mol. The highest BCUT2D eigenvalue weighted by molar-refractivity contribution is 5.85. The number of aromatic nitrogens is 1. The lowest BCUT2D eigenvalue weighted by atomic mass is 10.3. The van der Waals surface area contributed by atoms with Gasteiger partial charge in [0.25, 0.3) is 0 Å². The summed E-state index contributed by atoms with van der Waals surface area (Å²) in [5.41, 5.74) is 1.16. The summed E-state index contributed by atoms with van der Waals surface area (Å²) in [6.07, 6.45) is 2.13. The van der Waals surface area contributed by atoms with Gasteiger partial charge in [-0.3, -0.25) is 14.2 Å². The average molecular weight is 303 g/mol. The number of nitrogens with zero attached hydrogens (tertiary/aromatic N) is 1. The molecule has 22 heavy (non-hydrogen) atoms. The summed E-state index contributed by atoms with van der Waals surface area (Å²) in [4.78, 5) is 35.0. The molecule has 7 heteroatoms. The molecule has 0 atom stereocenters. The first-order valence-corrected chi connectivity index (χ1v) is 7.28. The van der Waals surface area contributed by atoms with Gasteiger partial charge in [-0.15, -0.1) is 0 Å². The van der Waals surface area contributed by atoms with E-state index in [1.165, 1.54) is 4.57 Å². The zero-order chi connectivity index (χ0) is 15.5. The maximum absolute atomic E-state index is 11.8. The summed E-state index contributed by atoms with van der Waals surface area (Å²) >= 11 is 0. The molecule has 3 rings (SSSR count). The van der Waals surface area contributed by atoms with E-state index in [1.807, 2.05) is 0 Å². The van der Waals surface area contributed by atoms with Crippen molar-refractivity contribution in [1.29, 1.82) is 0 Å². The molecule has 2 amide bonds. The summed E-state index contributed by atoms with van der Waals surface area (Å²) in [6.45, 7) is 0.183. The van der Waals surface area contributed by atoms with E-state index in [1.54, 1.807) is 24.3 Å². The van der Waals surface area contributed by atoms with Crippen LogP contribution < -0.4 is 16.4 Å². The van der Waals surface area contributed by atoms with Gasteiger partial charge in [-0.1, -0.05) is 12.1 Å². The molecule has 1 saturated carbocycles. The van der Waals surface area contributed by atoms with Gasteiger partial charge in [-0.05, 0) is 25.0 Å². The Bertz CT molecular complexity index is 757. The van der Waals surface area contributed by atoms with Gasteiger partial charge in [-0.2, -0.15) is 0 Å². The number of amides is 2. The van der Waals surface area contributed by atoms with E-state index in [0.717, 1.165) is 12.8 Å². The fourth-order valence-electron chi connectivity index (χ4n) is 2.21. The lowest BCUT2D eigenvalue weighted by Gasteiger charge is -2.06. The van der Waals surface area contributed by atoms with E-state index < -0.39 is 5.76 Å². The number of para-hydroxylation sites is 2. The van der Waals surface area contributed by atoms with Crippen molar-refractivity contribution in [2.45, 2.75) is 31.8 Å². The first-order chi connectivity index (χ1) is 10.6. The highest BCUT2D eigenvalue weighted by Crippen LogP contribution is 2.18. The summed E-state index contributed by atoms with van der Waals surface area (Å²) in [6, 6.07) is 7.33. The third kappa shape index (κ3) is 3.36. The van der Waals surface area contributed by atoms with Crippen LogP contribution in [0.15, 0.2) is 33.5 Å². The number of aryl methyl sites for hydroxylation is 1. The average Bonchev–Trinajstić information content (AvgIpc) is 3.24. The van der Waals surface area contributed by atoms with Crippen molar-refractivity contribution in [3.8, 4) is 0 Å². The van der Waals surface area contributed by atoms with Crippen LogP contribution in [0.3, 0.4) is 0 Å². The van der Waals surface area contributed by atoms with Crippen LogP contribution in [-0.2, 0) is 16.1 Å². The minimum absolute atomic E-state index is 0.0314. The zero-order valence-corrected chi connectivity index (χ0v) is 12.0. The summed E-state index contributed by atoms with van der Waals surface area (Å²) in [7, 11) is 0. The van der Waals surface area contributed by atoms with Gasteiger partial charge in [0, 0.05) is 19.0 Å². The molecule has 1 aromatic heterocycles. The lowest BCUT2D eigenvalue weighted by molar-refractivity contribution is -0.126. The van der Waals surface area contributed by atoms with Gasteiger partial charge < -0.3 is 15.1 Å².